The Morgan fingerprint density at radius 2 is 0.812 bits per heavy atom. The maximum atomic E-state index is 14.2. The van der Waals surface area contributed by atoms with Crippen molar-refractivity contribution in [1.29, 1.82) is 0 Å². The molecule has 0 unspecified atom stereocenters. The Labute approximate surface area is 194 Å². The predicted molar refractivity (Wildman–Crippen MR) is 134 cm³/mol. The molecule has 0 aliphatic rings. The van der Waals surface area contributed by atoms with Crippen molar-refractivity contribution in [3.05, 3.63) is 57.6 Å². The van der Waals surface area contributed by atoms with E-state index in [1.54, 1.807) is 24.3 Å². The fourth-order valence-electron chi connectivity index (χ4n) is 4.46. The Kier molecular flexibility index (Phi) is 10.8. The molecule has 0 heterocycles. The summed E-state index contributed by atoms with van der Waals surface area (Å²) in [4.78, 5) is 14.2. The topological polar surface area (TPSA) is 57.5 Å². The van der Waals surface area contributed by atoms with Crippen molar-refractivity contribution >= 4 is 5.78 Å². The van der Waals surface area contributed by atoms with Crippen molar-refractivity contribution in [3.8, 4) is 11.5 Å². The Balaban J connectivity index is 2.70. The molecule has 0 amide bonds. The quantitative estimate of drug-likeness (QED) is 0.297. The molecule has 0 saturated carbocycles. The number of hydrogen-bond donors (Lipinski definition) is 2. The molecule has 0 fully saturated rings. The van der Waals surface area contributed by atoms with E-state index < -0.39 is 0 Å². The normalized spacial score (nSPS) is 11.1. The summed E-state index contributed by atoms with van der Waals surface area (Å²) in [5.74, 6) is 0.572. The van der Waals surface area contributed by atoms with Crippen LogP contribution in [0.1, 0.15) is 117 Å². The zero-order valence-electron chi connectivity index (χ0n) is 20.6. The minimum Gasteiger partial charge on any atom is -0.508 e. The molecule has 0 bridgehead atoms. The maximum absolute atomic E-state index is 14.2. The molecule has 2 aromatic carbocycles. The van der Waals surface area contributed by atoms with Crippen LogP contribution in [0.25, 0.3) is 0 Å². The van der Waals surface area contributed by atoms with Gasteiger partial charge in [-0.3, -0.25) is 4.79 Å². The second-order valence-electron chi connectivity index (χ2n) is 9.02. The van der Waals surface area contributed by atoms with Gasteiger partial charge >= 0.3 is 0 Å². The van der Waals surface area contributed by atoms with Crippen LogP contribution in [0.3, 0.4) is 0 Å². The van der Waals surface area contributed by atoms with Gasteiger partial charge in [-0.15, -0.1) is 0 Å². The van der Waals surface area contributed by atoms with Crippen LogP contribution < -0.4 is 0 Å². The lowest BCUT2D eigenvalue weighted by Crippen LogP contribution is -2.15. The van der Waals surface area contributed by atoms with Crippen molar-refractivity contribution in [2.45, 2.75) is 105 Å². The molecule has 0 aliphatic heterocycles. The van der Waals surface area contributed by atoms with Gasteiger partial charge in [0.15, 0.2) is 5.78 Å². The Morgan fingerprint density at radius 1 is 0.562 bits per heavy atom. The van der Waals surface area contributed by atoms with Gasteiger partial charge in [0, 0.05) is 11.1 Å². The van der Waals surface area contributed by atoms with E-state index in [-0.39, 0.29) is 17.3 Å². The predicted octanol–water partition coefficient (Wildman–Crippen LogP) is 7.70. The summed E-state index contributed by atoms with van der Waals surface area (Å²) >= 11 is 0. The van der Waals surface area contributed by atoms with Crippen LogP contribution in [0, 0.1) is 0 Å². The van der Waals surface area contributed by atoms with Crippen LogP contribution in [-0.2, 0) is 25.7 Å². The lowest BCUT2D eigenvalue weighted by atomic mass is 9.84. The zero-order valence-corrected chi connectivity index (χ0v) is 20.6. The highest BCUT2D eigenvalue weighted by Crippen LogP contribution is 2.32. The van der Waals surface area contributed by atoms with Gasteiger partial charge in [0.25, 0.3) is 0 Å². The summed E-state index contributed by atoms with van der Waals surface area (Å²) in [5, 5.41) is 20.8. The summed E-state index contributed by atoms with van der Waals surface area (Å²) in [7, 11) is 0. The number of carbonyl (C=O) groups excluding carboxylic acids is 1. The van der Waals surface area contributed by atoms with E-state index >= 15 is 0 Å². The summed E-state index contributed by atoms with van der Waals surface area (Å²) in [6, 6.07) is 7.15. The first-order valence-corrected chi connectivity index (χ1v) is 12.7. The number of carbonyl (C=O) groups is 1. The molecule has 0 saturated heterocycles. The van der Waals surface area contributed by atoms with Gasteiger partial charge in [0.05, 0.1) is 0 Å². The third-order valence-electron chi connectivity index (χ3n) is 6.23. The van der Waals surface area contributed by atoms with Crippen molar-refractivity contribution in [1.82, 2.24) is 0 Å². The van der Waals surface area contributed by atoms with Gasteiger partial charge in [-0.1, -0.05) is 53.4 Å². The molecule has 3 nitrogen and oxygen atoms in total. The largest absolute Gasteiger partial charge is 0.508 e. The molecule has 176 valence electrons. The lowest BCUT2D eigenvalue weighted by Gasteiger charge is -2.20. The Hall–Kier alpha value is -2.29. The van der Waals surface area contributed by atoms with Gasteiger partial charge in [-0.2, -0.15) is 0 Å². The van der Waals surface area contributed by atoms with Crippen LogP contribution in [0.4, 0.5) is 0 Å². The first-order chi connectivity index (χ1) is 15.5. The fourth-order valence-corrected chi connectivity index (χ4v) is 4.46. The average Bonchev–Trinajstić information content (AvgIpc) is 2.77. The monoisotopic (exact) mass is 438 g/mol. The van der Waals surface area contributed by atoms with E-state index in [4.69, 9.17) is 0 Å². The molecule has 0 spiro atoms. The molecule has 0 radical (unpaired) electrons. The molecular formula is C29H42O3. The summed E-state index contributed by atoms with van der Waals surface area (Å²) in [6.45, 7) is 8.59. The van der Waals surface area contributed by atoms with Crippen molar-refractivity contribution in [2.75, 3.05) is 0 Å². The number of aryl methyl sites for hydroxylation is 4. The van der Waals surface area contributed by atoms with Crippen LogP contribution in [-0.4, -0.2) is 16.0 Å². The first-order valence-electron chi connectivity index (χ1n) is 12.7. The van der Waals surface area contributed by atoms with Gasteiger partial charge in [-0.05, 0) is 97.9 Å². The minimum absolute atomic E-state index is 0.0689. The van der Waals surface area contributed by atoms with Gasteiger partial charge in [0.1, 0.15) is 11.5 Å². The highest BCUT2D eigenvalue weighted by Gasteiger charge is 2.24. The third-order valence-corrected chi connectivity index (χ3v) is 6.23. The molecular weight excluding hydrogens is 396 g/mol. The number of hydrogen-bond acceptors (Lipinski definition) is 3. The van der Waals surface area contributed by atoms with Gasteiger partial charge in [0.2, 0.25) is 0 Å². The molecule has 0 atom stereocenters. The fraction of sp³-hybridized carbons (Fsp3) is 0.552. The highest BCUT2D eigenvalue weighted by molar-refractivity contribution is 6.13. The Bertz CT molecular complexity index is 752. The highest BCUT2D eigenvalue weighted by atomic mass is 16.3. The SMILES string of the molecule is CCCCc1cc(O)cc(CCCC)c1C(=O)c1c(CCCC)cc(O)cc1CCCC. The smallest absolute Gasteiger partial charge is 0.194 e. The second kappa shape index (κ2) is 13.3. The van der Waals surface area contributed by atoms with Crippen LogP contribution in [0.5, 0.6) is 11.5 Å². The number of benzene rings is 2. The average molecular weight is 439 g/mol. The minimum atomic E-state index is 0.0689. The van der Waals surface area contributed by atoms with Crippen LogP contribution >= 0.6 is 0 Å². The van der Waals surface area contributed by atoms with Gasteiger partial charge in [-0.25, -0.2) is 0 Å². The van der Waals surface area contributed by atoms with Crippen LogP contribution in [0.2, 0.25) is 0 Å². The van der Waals surface area contributed by atoms with Crippen LogP contribution in [0.15, 0.2) is 24.3 Å². The van der Waals surface area contributed by atoms with Crippen molar-refractivity contribution in [2.24, 2.45) is 0 Å². The Morgan fingerprint density at radius 3 is 1.03 bits per heavy atom. The van der Waals surface area contributed by atoms with E-state index in [9.17, 15) is 15.0 Å². The van der Waals surface area contributed by atoms with E-state index in [1.807, 2.05) is 0 Å². The number of rotatable bonds is 14. The summed E-state index contributed by atoms with van der Waals surface area (Å²) < 4.78 is 0. The zero-order chi connectivity index (χ0) is 23.5. The molecule has 3 heteroatoms. The molecule has 2 rings (SSSR count). The molecule has 32 heavy (non-hydrogen) atoms. The van der Waals surface area contributed by atoms with Gasteiger partial charge < -0.3 is 10.2 Å². The number of phenols is 2. The van der Waals surface area contributed by atoms with E-state index in [1.165, 1.54) is 0 Å². The standard InChI is InChI=1S/C29H42O3/c1-5-9-13-21-17-25(30)18-22(14-10-6-2)27(21)29(32)28-23(15-11-7-3)19-26(31)20-24(28)16-12-8-4/h17-20,30-31H,5-16H2,1-4H3. The maximum Gasteiger partial charge on any atom is 0.194 e. The van der Waals surface area contributed by atoms with E-state index in [2.05, 4.69) is 27.7 Å². The number of ketones is 1. The molecule has 2 N–H and O–H groups in total. The van der Waals surface area contributed by atoms with E-state index in [0.29, 0.717) is 0 Å². The second-order valence-corrected chi connectivity index (χ2v) is 9.02. The number of aromatic hydroxyl groups is 2. The lowest BCUT2D eigenvalue weighted by molar-refractivity contribution is 0.103. The number of unbranched alkanes of at least 4 members (excludes halogenated alkanes) is 4. The summed E-state index contributed by atoms with van der Waals surface area (Å²) in [5.41, 5.74) is 5.40. The summed E-state index contributed by atoms with van der Waals surface area (Å²) in [6.07, 6.45) is 11.2. The van der Waals surface area contributed by atoms with Crippen molar-refractivity contribution in [3.63, 3.8) is 0 Å². The first kappa shape index (κ1) is 26.0. The number of phenolic OH excluding ortho intramolecular Hbond substituents is 2. The van der Waals surface area contributed by atoms with Crippen molar-refractivity contribution < 1.29 is 15.0 Å². The molecule has 0 aromatic heterocycles. The molecule has 0 aliphatic carbocycles. The van der Waals surface area contributed by atoms with E-state index in [0.717, 1.165) is 110 Å². The molecule has 2 aromatic rings. The third kappa shape index (κ3) is 6.85.